The molecule has 0 radical (unpaired) electrons. The second-order valence-electron chi connectivity index (χ2n) is 3.20. The molecule has 0 aliphatic heterocycles. The Bertz CT molecular complexity index is 310. The minimum absolute atomic E-state index is 0.114. The Morgan fingerprint density at radius 2 is 2.00 bits per heavy atom. The molecule has 1 aromatic rings. The number of rotatable bonds is 4. The topological polar surface area (TPSA) is 38.0 Å². The van der Waals surface area contributed by atoms with Gasteiger partial charge in [0.1, 0.15) is 0 Å². The molecule has 5 heteroatoms. The van der Waals surface area contributed by atoms with Crippen molar-refractivity contribution in [3.05, 3.63) is 29.8 Å². The highest BCUT2D eigenvalue weighted by molar-refractivity contribution is 5.45. The molecule has 0 fully saturated rings. The van der Waals surface area contributed by atoms with Crippen LogP contribution in [0.1, 0.15) is 12.0 Å². The van der Waals surface area contributed by atoms with E-state index in [1.807, 2.05) is 6.07 Å². The molecular formula is C10H13F3N2. The normalized spacial score (nSPS) is 11.5. The van der Waals surface area contributed by atoms with Crippen molar-refractivity contribution in [2.45, 2.75) is 19.1 Å². The van der Waals surface area contributed by atoms with Gasteiger partial charge in [-0.3, -0.25) is 0 Å². The van der Waals surface area contributed by atoms with Crippen LogP contribution >= 0.6 is 0 Å². The molecule has 2 nitrogen and oxygen atoms in total. The summed E-state index contributed by atoms with van der Waals surface area (Å²) < 4.78 is 35.5. The summed E-state index contributed by atoms with van der Waals surface area (Å²) >= 11 is 0. The third-order valence-corrected chi connectivity index (χ3v) is 1.90. The quantitative estimate of drug-likeness (QED) is 0.814. The number of anilines is 1. The molecule has 0 aliphatic carbocycles. The van der Waals surface area contributed by atoms with Gasteiger partial charge in [0.25, 0.3) is 0 Å². The zero-order valence-corrected chi connectivity index (χ0v) is 8.14. The molecule has 0 bridgehead atoms. The van der Waals surface area contributed by atoms with E-state index in [1.165, 1.54) is 0 Å². The summed E-state index contributed by atoms with van der Waals surface area (Å²) in [6.07, 6.45) is -4.95. The molecule has 84 valence electrons. The van der Waals surface area contributed by atoms with Crippen molar-refractivity contribution >= 4 is 5.69 Å². The highest BCUT2D eigenvalue weighted by Gasteiger charge is 2.25. The number of hydrogen-bond acceptors (Lipinski definition) is 2. The Morgan fingerprint density at radius 1 is 1.27 bits per heavy atom. The molecule has 1 aromatic carbocycles. The first-order valence-corrected chi connectivity index (χ1v) is 4.61. The van der Waals surface area contributed by atoms with Crippen LogP contribution in [0.25, 0.3) is 0 Å². The maximum absolute atomic E-state index is 11.8. The molecule has 0 aliphatic rings. The fourth-order valence-corrected chi connectivity index (χ4v) is 1.16. The maximum Gasteiger partial charge on any atom is 0.390 e. The Morgan fingerprint density at radius 3 is 2.60 bits per heavy atom. The second-order valence-corrected chi connectivity index (χ2v) is 3.20. The van der Waals surface area contributed by atoms with E-state index in [0.717, 1.165) is 5.56 Å². The van der Waals surface area contributed by atoms with Crippen molar-refractivity contribution in [3.63, 3.8) is 0 Å². The number of benzene rings is 1. The monoisotopic (exact) mass is 218 g/mol. The van der Waals surface area contributed by atoms with Gasteiger partial charge in [0.2, 0.25) is 0 Å². The fraction of sp³-hybridized carbons (Fsp3) is 0.400. The predicted molar refractivity (Wildman–Crippen MR) is 53.5 cm³/mol. The largest absolute Gasteiger partial charge is 0.390 e. The third-order valence-electron chi connectivity index (χ3n) is 1.90. The van der Waals surface area contributed by atoms with E-state index in [-0.39, 0.29) is 6.54 Å². The van der Waals surface area contributed by atoms with Crippen molar-refractivity contribution in [1.29, 1.82) is 0 Å². The lowest BCUT2D eigenvalue weighted by Crippen LogP contribution is -2.14. The predicted octanol–water partition coefficient (Wildman–Crippen LogP) is 2.51. The van der Waals surface area contributed by atoms with Crippen LogP contribution in [-0.2, 0) is 6.54 Å². The van der Waals surface area contributed by atoms with Gasteiger partial charge in [0.05, 0.1) is 6.42 Å². The lowest BCUT2D eigenvalue weighted by Gasteiger charge is -2.09. The van der Waals surface area contributed by atoms with Gasteiger partial charge >= 0.3 is 6.18 Å². The number of alkyl halides is 3. The summed E-state index contributed by atoms with van der Waals surface area (Å²) in [5.74, 6) is 0. The minimum Gasteiger partial charge on any atom is -0.385 e. The molecule has 15 heavy (non-hydrogen) atoms. The molecule has 0 aromatic heterocycles. The first kappa shape index (κ1) is 11.8. The average Bonchev–Trinajstić information content (AvgIpc) is 2.16. The van der Waals surface area contributed by atoms with E-state index in [0.29, 0.717) is 12.2 Å². The Balaban J connectivity index is 2.44. The molecule has 0 unspecified atom stereocenters. The van der Waals surface area contributed by atoms with Crippen LogP contribution in [0.2, 0.25) is 0 Å². The van der Waals surface area contributed by atoms with Crippen LogP contribution in [0, 0.1) is 0 Å². The summed E-state index contributed by atoms with van der Waals surface area (Å²) in [6, 6.07) is 7.05. The third kappa shape index (κ3) is 4.69. The van der Waals surface area contributed by atoms with Crippen molar-refractivity contribution < 1.29 is 13.2 Å². The molecule has 0 amide bonds. The van der Waals surface area contributed by atoms with E-state index >= 15 is 0 Å². The van der Waals surface area contributed by atoms with Gasteiger partial charge in [-0.25, -0.2) is 0 Å². The van der Waals surface area contributed by atoms with Gasteiger partial charge in [-0.2, -0.15) is 13.2 Å². The van der Waals surface area contributed by atoms with Crippen LogP contribution in [0.15, 0.2) is 24.3 Å². The minimum atomic E-state index is -4.11. The molecule has 0 saturated carbocycles. The smallest absolute Gasteiger partial charge is 0.385 e. The molecule has 0 spiro atoms. The van der Waals surface area contributed by atoms with Gasteiger partial charge in [0.15, 0.2) is 0 Å². The van der Waals surface area contributed by atoms with Gasteiger partial charge in [-0.05, 0) is 17.7 Å². The Labute approximate surface area is 86.3 Å². The molecule has 3 N–H and O–H groups in total. The summed E-state index contributed by atoms with van der Waals surface area (Å²) in [7, 11) is 0. The highest BCUT2D eigenvalue weighted by Crippen LogP contribution is 2.19. The fourth-order valence-electron chi connectivity index (χ4n) is 1.16. The summed E-state index contributed by atoms with van der Waals surface area (Å²) in [4.78, 5) is 0. The molecule has 0 heterocycles. The van der Waals surface area contributed by atoms with E-state index < -0.39 is 12.6 Å². The van der Waals surface area contributed by atoms with Crippen LogP contribution < -0.4 is 11.1 Å². The van der Waals surface area contributed by atoms with Gasteiger partial charge in [0, 0.05) is 18.8 Å². The van der Waals surface area contributed by atoms with Crippen molar-refractivity contribution in [1.82, 2.24) is 0 Å². The SMILES string of the molecule is NCc1cccc(NCCC(F)(F)F)c1. The molecule has 0 saturated heterocycles. The van der Waals surface area contributed by atoms with Crippen LogP contribution in [0.5, 0.6) is 0 Å². The highest BCUT2D eigenvalue weighted by atomic mass is 19.4. The lowest BCUT2D eigenvalue weighted by molar-refractivity contribution is -0.131. The number of nitrogens with one attached hydrogen (secondary N) is 1. The van der Waals surface area contributed by atoms with Crippen LogP contribution in [0.4, 0.5) is 18.9 Å². The summed E-state index contributed by atoms with van der Waals surface area (Å²) in [5.41, 5.74) is 6.97. The first-order valence-electron chi connectivity index (χ1n) is 4.61. The van der Waals surface area contributed by atoms with Gasteiger partial charge in [-0.1, -0.05) is 12.1 Å². The van der Waals surface area contributed by atoms with Crippen molar-refractivity contribution in [2.75, 3.05) is 11.9 Å². The Kier molecular flexibility index (Phi) is 3.96. The summed E-state index contributed by atoms with van der Waals surface area (Å²) in [5, 5.41) is 2.70. The zero-order valence-electron chi connectivity index (χ0n) is 8.14. The van der Waals surface area contributed by atoms with Crippen molar-refractivity contribution in [2.24, 2.45) is 5.73 Å². The molecular weight excluding hydrogens is 205 g/mol. The number of halogens is 3. The second kappa shape index (κ2) is 5.02. The lowest BCUT2D eigenvalue weighted by atomic mass is 10.2. The molecule has 0 atom stereocenters. The van der Waals surface area contributed by atoms with Crippen LogP contribution in [0.3, 0.4) is 0 Å². The molecule has 1 rings (SSSR count). The van der Waals surface area contributed by atoms with E-state index in [1.54, 1.807) is 18.2 Å². The summed E-state index contributed by atoms with van der Waals surface area (Å²) in [6.45, 7) is 0.270. The number of hydrogen-bond donors (Lipinski definition) is 2. The average molecular weight is 218 g/mol. The number of nitrogens with two attached hydrogens (primary N) is 1. The van der Waals surface area contributed by atoms with E-state index in [2.05, 4.69) is 5.32 Å². The standard InChI is InChI=1S/C10H13F3N2/c11-10(12,13)4-5-15-9-3-1-2-8(6-9)7-14/h1-3,6,15H,4-5,7,14H2. The van der Waals surface area contributed by atoms with E-state index in [4.69, 9.17) is 5.73 Å². The maximum atomic E-state index is 11.8. The van der Waals surface area contributed by atoms with Gasteiger partial charge < -0.3 is 11.1 Å². The van der Waals surface area contributed by atoms with E-state index in [9.17, 15) is 13.2 Å². The van der Waals surface area contributed by atoms with Gasteiger partial charge in [-0.15, -0.1) is 0 Å². The first-order chi connectivity index (χ1) is 7.01. The van der Waals surface area contributed by atoms with Crippen molar-refractivity contribution in [3.8, 4) is 0 Å². The Hall–Kier alpha value is -1.23. The zero-order chi connectivity index (χ0) is 11.3. The van der Waals surface area contributed by atoms with Crippen LogP contribution in [-0.4, -0.2) is 12.7 Å².